The molecule has 2 aromatic heterocycles. The molecule has 9 rings (SSSR count). The quantitative estimate of drug-likeness (QED) is 0.227. The van der Waals surface area contributed by atoms with Gasteiger partial charge in [-0.1, -0.05) is 12.6 Å². The molecule has 0 spiro atoms. The number of rotatable bonds is 4. The summed E-state index contributed by atoms with van der Waals surface area (Å²) in [4.78, 5) is 13.7. The molecule has 2 bridgehead atoms. The number of hydrogen-bond donors (Lipinski definition) is 2. The number of nitrogens with two attached hydrogens (primary N) is 1. The van der Waals surface area contributed by atoms with Crippen LogP contribution in [0.5, 0.6) is 6.01 Å². The highest BCUT2D eigenvalue weighted by atomic mass is 32.1. The Hall–Kier alpha value is -4.76. The van der Waals surface area contributed by atoms with E-state index in [2.05, 4.69) is 27.8 Å². The van der Waals surface area contributed by atoms with Crippen LogP contribution in [0.15, 0.2) is 30.4 Å². The summed E-state index contributed by atoms with van der Waals surface area (Å²) in [6.07, 6.45) is 2.35. The van der Waals surface area contributed by atoms with Crippen molar-refractivity contribution in [2.75, 3.05) is 36.9 Å². The fourth-order valence-electron chi connectivity index (χ4n) is 9.20. The zero-order valence-corrected chi connectivity index (χ0v) is 27.6. The van der Waals surface area contributed by atoms with Crippen molar-refractivity contribution in [2.45, 2.75) is 62.2 Å². The summed E-state index contributed by atoms with van der Waals surface area (Å²) in [5.74, 6) is -1.05. The highest BCUT2D eigenvalue weighted by Gasteiger charge is 2.49. The first-order valence-electron chi connectivity index (χ1n) is 16.6. The third-order valence-electron chi connectivity index (χ3n) is 11.4. The zero-order valence-electron chi connectivity index (χ0n) is 26.8. The van der Waals surface area contributed by atoms with E-state index in [1.165, 1.54) is 12.1 Å². The van der Waals surface area contributed by atoms with Crippen LogP contribution < -0.4 is 20.7 Å². The molecule has 1 unspecified atom stereocenters. The number of nitriles is 2. The van der Waals surface area contributed by atoms with E-state index in [0.29, 0.717) is 48.3 Å². The van der Waals surface area contributed by atoms with Crippen LogP contribution in [0.2, 0.25) is 0 Å². The molecular weight excluding hydrogens is 669 g/mol. The second-order valence-corrected chi connectivity index (χ2v) is 15.1. The van der Waals surface area contributed by atoms with Gasteiger partial charge in [-0.3, -0.25) is 4.90 Å². The Bertz CT molecular complexity index is 2310. The zero-order chi connectivity index (χ0) is 34.6. The Balaban J connectivity index is 1.29. The van der Waals surface area contributed by atoms with Crippen LogP contribution in [0.1, 0.15) is 55.2 Å². The lowest BCUT2D eigenvalue weighted by molar-refractivity contribution is 0.108. The summed E-state index contributed by atoms with van der Waals surface area (Å²) in [6, 6.07) is 6.87. The summed E-state index contributed by atoms with van der Waals surface area (Å²) in [5, 5.41) is 25.0. The van der Waals surface area contributed by atoms with Crippen molar-refractivity contribution in [3.05, 3.63) is 58.7 Å². The molecule has 0 radical (unpaired) electrons. The predicted molar refractivity (Wildman–Crippen MR) is 182 cm³/mol. The maximum atomic E-state index is 17.5. The summed E-state index contributed by atoms with van der Waals surface area (Å²) < 4.78 is 66.4. The largest absolute Gasteiger partial charge is 0.461 e. The smallest absolute Gasteiger partial charge is 0.319 e. The second-order valence-electron chi connectivity index (χ2n) is 14.0. The average molecular weight is 699 g/mol. The predicted octanol–water partition coefficient (Wildman–Crippen LogP) is 6.61. The molecule has 9 nitrogen and oxygen atoms in total. The molecule has 14 heteroatoms. The molecule has 50 heavy (non-hydrogen) atoms. The molecule has 0 saturated carbocycles. The Kier molecular flexibility index (Phi) is 6.95. The number of ether oxygens (including phenoxy) is 1. The molecule has 4 fully saturated rings. The Morgan fingerprint density at radius 2 is 1.96 bits per heavy atom. The standard InChI is InChI=1S/C36H30F4N8OS/c1-16-9-24-23-6-3-18(44-23)14-48(24)34-28-25(16)20(11-41)26(19-4-5-22(37)31-27(19)21(12-42)33(43)50-31)29(38)30(28)45-35(46-34)49-15-36-7-2-8-47(36)13-17(10-36)32(39)40/h4-5,18,23-24,44H,1-3,6-10,13-15,43H2/t18-,23?,24-,36+/m1/s1. The van der Waals surface area contributed by atoms with E-state index >= 15 is 8.78 Å². The van der Waals surface area contributed by atoms with Crippen molar-refractivity contribution >= 4 is 48.7 Å². The molecule has 254 valence electrons. The van der Waals surface area contributed by atoms with Gasteiger partial charge in [-0.15, -0.1) is 11.3 Å². The van der Waals surface area contributed by atoms with Gasteiger partial charge >= 0.3 is 6.01 Å². The van der Waals surface area contributed by atoms with E-state index in [0.717, 1.165) is 30.6 Å². The monoisotopic (exact) mass is 698 g/mol. The number of nitrogens with one attached hydrogen (secondary N) is 1. The summed E-state index contributed by atoms with van der Waals surface area (Å²) >= 11 is 0.883. The third-order valence-corrected chi connectivity index (χ3v) is 12.4. The highest BCUT2D eigenvalue weighted by molar-refractivity contribution is 7.23. The van der Waals surface area contributed by atoms with Gasteiger partial charge in [0.1, 0.15) is 40.9 Å². The molecule has 4 atom stereocenters. The van der Waals surface area contributed by atoms with E-state index in [4.69, 9.17) is 15.5 Å². The van der Waals surface area contributed by atoms with Gasteiger partial charge in [-0.2, -0.15) is 29.3 Å². The molecule has 2 aromatic carbocycles. The van der Waals surface area contributed by atoms with Crippen LogP contribution in [-0.2, 0) is 0 Å². The first-order valence-corrected chi connectivity index (χ1v) is 17.4. The SMILES string of the molecule is C=C1C[C@@H]2C3CC[C@H](CN2c2nc(OC[C@@]45CCCN4CC(=C(F)F)C5)nc4c(F)c(-c5ccc(F)c6sc(N)c(C#N)c56)c(C#N)c1c24)N3. The number of halogens is 4. The number of aromatic nitrogens is 2. The van der Waals surface area contributed by atoms with Gasteiger partial charge < -0.3 is 20.7 Å². The highest BCUT2D eigenvalue weighted by Crippen LogP contribution is 2.50. The van der Waals surface area contributed by atoms with Crippen LogP contribution >= 0.6 is 11.3 Å². The molecule has 7 heterocycles. The first-order chi connectivity index (χ1) is 24.1. The molecule has 3 N–H and O–H groups in total. The van der Waals surface area contributed by atoms with Gasteiger partial charge in [0.25, 0.3) is 6.08 Å². The molecule has 4 saturated heterocycles. The lowest BCUT2D eigenvalue weighted by Gasteiger charge is -2.41. The fourth-order valence-corrected chi connectivity index (χ4v) is 10.1. The molecule has 5 aliphatic heterocycles. The summed E-state index contributed by atoms with van der Waals surface area (Å²) in [5.41, 5.74) is 6.44. The number of thiophene rings is 1. The van der Waals surface area contributed by atoms with Crippen LogP contribution in [0, 0.1) is 34.3 Å². The van der Waals surface area contributed by atoms with E-state index in [1.54, 1.807) is 0 Å². The molecule has 4 aromatic rings. The minimum atomic E-state index is -1.67. The molecule has 0 aliphatic carbocycles. The third kappa shape index (κ3) is 4.35. The van der Waals surface area contributed by atoms with Gasteiger partial charge in [-0.25, -0.2) is 8.78 Å². The lowest BCUT2D eigenvalue weighted by Crippen LogP contribution is -2.58. The Morgan fingerprint density at radius 1 is 1.14 bits per heavy atom. The van der Waals surface area contributed by atoms with E-state index in [9.17, 15) is 19.3 Å². The Labute approximate surface area is 288 Å². The van der Waals surface area contributed by atoms with Crippen molar-refractivity contribution in [1.29, 1.82) is 10.5 Å². The Morgan fingerprint density at radius 3 is 2.74 bits per heavy atom. The van der Waals surface area contributed by atoms with Crippen LogP contribution in [-0.4, -0.2) is 64.8 Å². The minimum Gasteiger partial charge on any atom is -0.461 e. The average Bonchev–Trinajstić information content (AvgIpc) is 3.84. The second kappa shape index (κ2) is 11.1. The van der Waals surface area contributed by atoms with Crippen molar-refractivity contribution in [1.82, 2.24) is 20.2 Å². The number of anilines is 2. The maximum Gasteiger partial charge on any atom is 0.319 e. The number of nitrogens with zero attached hydrogens (tertiary/aromatic N) is 6. The van der Waals surface area contributed by atoms with Crippen LogP contribution in [0.25, 0.3) is 37.7 Å². The number of fused-ring (bicyclic) bond motifs is 7. The van der Waals surface area contributed by atoms with Gasteiger partial charge in [-0.05, 0) is 62.3 Å². The van der Waals surface area contributed by atoms with Gasteiger partial charge in [0.05, 0.1) is 26.8 Å². The number of benzene rings is 2. The van der Waals surface area contributed by atoms with Crippen molar-refractivity contribution < 1.29 is 22.3 Å². The molecule has 0 amide bonds. The van der Waals surface area contributed by atoms with Crippen molar-refractivity contribution in [3.8, 4) is 29.3 Å². The van der Waals surface area contributed by atoms with Crippen molar-refractivity contribution in [2.24, 2.45) is 0 Å². The molecule has 5 aliphatic rings. The number of nitrogen functional groups attached to an aromatic ring is 1. The van der Waals surface area contributed by atoms with Gasteiger partial charge in [0, 0.05) is 53.3 Å². The van der Waals surface area contributed by atoms with Crippen LogP contribution in [0.3, 0.4) is 0 Å². The van der Waals surface area contributed by atoms with Gasteiger partial charge in [0.2, 0.25) is 0 Å². The van der Waals surface area contributed by atoms with Crippen molar-refractivity contribution in [3.63, 3.8) is 0 Å². The summed E-state index contributed by atoms with van der Waals surface area (Å²) in [6.45, 7) is 5.87. The first kappa shape index (κ1) is 31.2. The van der Waals surface area contributed by atoms with E-state index < -0.39 is 23.3 Å². The summed E-state index contributed by atoms with van der Waals surface area (Å²) in [7, 11) is 0. The minimum absolute atomic E-state index is 0.00530. The number of piperazine rings is 1. The van der Waals surface area contributed by atoms with E-state index in [1.807, 2.05) is 11.0 Å². The maximum absolute atomic E-state index is 17.5. The number of hydrogen-bond acceptors (Lipinski definition) is 10. The van der Waals surface area contributed by atoms with Gasteiger partial charge in [0.15, 0.2) is 5.82 Å². The van der Waals surface area contributed by atoms with E-state index in [-0.39, 0.29) is 92.1 Å². The van der Waals surface area contributed by atoms with Crippen LogP contribution in [0.4, 0.5) is 28.4 Å². The topological polar surface area (TPSA) is 127 Å². The fraction of sp³-hybridized carbons (Fsp3) is 0.389. The lowest BCUT2D eigenvalue weighted by atomic mass is 9.86. The molecular formula is C36H30F4N8OS. The normalized spacial score (nSPS) is 25.5.